The van der Waals surface area contributed by atoms with Crippen molar-refractivity contribution in [2.75, 3.05) is 27.9 Å². The van der Waals surface area contributed by atoms with Gasteiger partial charge in [0, 0.05) is 19.2 Å². The van der Waals surface area contributed by atoms with Crippen LogP contribution in [-0.2, 0) is 4.74 Å². The molecule has 1 aromatic carbocycles. The zero-order valence-corrected chi connectivity index (χ0v) is 11.8. The van der Waals surface area contributed by atoms with Crippen molar-refractivity contribution < 1.29 is 14.6 Å². The number of phenols is 1. The lowest BCUT2D eigenvalue weighted by atomic mass is 10.1. The van der Waals surface area contributed by atoms with Gasteiger partial charge >= 0.3 is 0 Å². The van der Waals surface area contributed by atoms with Crippen LogP contribution in [0.4, 0.5) is 0 Å². The molecule has 2 atom stereocenters. The highest BCUT2D eigenvalue weighted by molar-refractivity contribution is 5.42. The molecule has 0 saturated heterocycles. The molecule has 0 fully saturated rings. The molecule has 4 nitrogen and oxygen atoms in total. The van der Waals surface area contributed by atoms with Gasteiger partial charge in [-0.25, -0.2) is 0 Å². The molecule has 1 N–H and O–H groups in total. The molecule has 0 saturated carbocycles. The average molecular weight is 253 g/mol. The van der Waals surface area contributed by atoms with E-state index in [2.05, 4.69) is 25.8 Å². The summed E-state index contributed by atoms with van der Waals surface area (Å²) in [6.07, 6.45) is 0. The van der Waals surface area contributed by atoms with E-state index in [1.165, 1.54) is 0 Å². The van der Waals surface area contributed by atoms with Crippen molar-refractivity contribution in [1.29, 1.82) is 0 Å². The third kappa shape index (κ3) is 3.37. The standard InChI is InChI=1S/C14H23NO3/c1-10(9-17-4)15(3)11(2)12-6-7-13(16)14(8-12)18-5/h6-8,10-11,16H,9H2,1-5H3. The summed E-state index contributed by atoms with van der Waals surface area (Å²) in [7, 11) is 5.33. The van der Waals surface area contributed by atoms with Crippen LogP contribution in [0, 0.1) is 0 Å². The number of aromatic hydroxyl groups is 1. The first kappa shape index (κ1) is 14.8. The number of likely N-dealkylation sites (N-methyl/N-ethyl adjacent to an activating group) is 1. The molecule has 0 radical (unpaired) electrons. The maximum Gasteiger partial charge on any atom is 0.160 e. The molecule has 0 bridgehead atoms. The Morgan fingerprint density at radius 3 is 2.50 bits per heavy atom. The number of phenolic OH excluding ortho intramolecular Hbond substituents is 1. The summed E-state index contributed by atoms with van der Waals surface area (Å²) < 4.78 is 10.3. The molecule has 0 aromatic heterocycles. The van der Waals surface area contributed by atoms with Gasteiger partial charge in [0.1, 0.15) is 0 Å². The number of rotatable bonds is 6. The molecule has 0 aliphatic rings. The van der Waals surface area contributed by atoms with Crippen LogP contribution in [0.15, 0.2) is 18.2 Å². The number of benzene rings is 1. The lowest BCUT2D eigenvalue weighted by Gasteiger charge is -2.30. The molecule has 2 unspecified atom stereocenters. The average Bonchev–Trinajstić information content (AvgIpc) is 2.38. The quantitative estimate of drug-likeness (QED) is 0.845. The van der Waals surface area contributed by atoms with E-state index >= 15 is 0 Å². The van der Waals surface area contributed by atoms with Crippen molar-refractivity contribution >= 4 is 0 Å². The molecule has 1 rings (SSSR count). The number of methoxy groups -OCH3 is 2. The second-order valence-corrected chi connectivity index (χ2v) is 4.58. The number of hydrogen-bond donors (Lipinski definition) is 1. The van der Waals surface area contributed by atoms with E-state index in [0.717, 1.165) is 5.56 Å². The van der Waals surface area contributed by atoms with Crippen molar-refractivity contribution in [3.63, 3.8) is 0 Å². The molecular formula is C14H23NO3. The first-order chi connectivity index (χ1) is 8.51. The van der Waals surface area contributed by atoms with Crippen LogP contribution in [0.1, 0.15) is 25.5 Å². The van der Waals surface area contributed by atoms with Crippen LogP contribution >= 0.6 is 0 Å². The molecule has 102 valence electrons. The van der Waals surface area contributed by atoms with Crippen molar-refractivity contribution in [1.82, 2.24) is 4.90 Å². The Bertz CT molecular complexity index is 381. The van der Waals surface area contributed by atoms with E-state index in [1.54, 1.807) is 20.3 Å². The van der Waals surface area contributed by atoms with Gasteiger partial charge in [-0.05, 0) is 38.6 Å². The van der Waals surface area contributed by atoms with E-state index in [9.17, 15) is 5.11 Å². The molecule has 0 heterocycles. The van der Waals surface area contributed by atoms with E-state index in [-0.39, 0.29) is 11.8 Å². The molecule has 0 amide bonds. The van der Waals surface area contributed by atoms with Crippen LogP contribution < -0.4 is 4.74 Å². The summed E-state index contributed by atoms with van der Waals surface area (Å²) in [5.74, 6) is 0.674. The minimum absolute atomic E-state index is 0.168. The molecule has 0 spiro atoms. The van der Waals surface area contributed by atoms with Crippen LogP contribution in [-0.4, -0.2) is 43.9 Å². The monoisotopic (exact) mass is 253 g/mol. The fourth-order valence-corrected chi connectivity index (χ4v) is 1.93. The smallest absolute Gasteiger partial charge is 0.160 e. The van der Waals surface area contributed by atoms with Crippen molar-refractivity contribution in [2.24, 2.45) is 0 Å². The Kier molecular flexibility index (Phi) is 5.44. The highest BCUT2D eigenvalue weighted by atomic mass is 16.5. The summed E-state index contributed by atoms with van der Waals surface area (Å²) >= 11 is 0. The summed E-state index contributed by atoms with van der Waals surface area (Å²) in [4.78, 5) is 2.23. The van der Waals surface area contributed by atoms with Crippen molar-refractivity contribution in [2.45, 2.75) is 25.9 Å². The van der Waals surface area contributed by atoms with Crippen LogP contribution in [0.5, 0.6) is 11.5 Å². The Morgan fingerprint density at radius 2 is 1.94 bits per heavy atom. The third-order valence-electron chi connectivity index (χ3n) is 3.40. The SMILES string of the molecule is COCC(C)N(C)C(C)c1ccc(O)c(OC)c1. The maximum atomic E-state index is 9.59. The van der Waals surface area contributed by atoms with Gasteiger partial charge in [0.15, 0.2) is 11.5 Å². The molecule has 4 heteroatoms. The van der Waals surface area contributed by atoms with E-state index in [1.807, 2.05) is 12.1 Å². The van der Waals surface area contributed by atoms with Crippen molar-refractivity contribution in [3.05, 3.63) is 23.8 Å². The second kappa shape index (κ2) is 6.61. The van der Waals surface area contributed by atoms with Gasteiger partial charge in [0.25, 0.3) is 0 Å². The summed E-state index contributed by atoms with van der Waals surface area (Å²) in [5, 5.41) is 9.59. The highest BCUT2D eigenvalue weighted by Gasteiger charge is 2.18. The van der Waals surface area contributed by atoms with Gasteiger partial charge in [-0.2, -0.15) is 0 Å². The molecule has 18 heavy (non-hydrogen) atoms. The van der Waals surface area contributed by atoms with E-state index < -0.39 is 0 Å². The van der Waals surface area contributed by atoms with Gasteiger partial charge in [-0.1, -0.05) is 6.07 Å². The summed E-state index contributed by atoms with van der Waals surface area (Å²) in [5.41, 5.74) is 1.11. The van der Waals surface area contributed by atoms with Gasteiger partial charge in [-0.3, -0.25) is 4.90 Å². The fourth-order valence-electron chi connectivity index (χ4n) is 1.93. The van der Waals surface area contributed by atoms with Crippen LogP contribution in [0.3, 0.4) is 0 Å². The predicted molar refractivity (Wildman–Crippen MR) is 72.2 cm³/mol. The normalized spacial score (nSPS) is 14.6. The van der Waals surface area contributed by atoms with Gasteiger partial charge < -0.3 is 14.6 Å². The molecular weight excluding hydrogens is 230 g/mol. The highest BCUT2D eigenvalue weighted by Crippen LogP contribution is 2.31. The van der Waals surface area contributed by atoms with Crippen molar-refractivity contribution in [3.8, 4) is 11.5 Å². The molecule has 0 aliphatic heterocycles. The first-order valence-electron chi connectivity index (χ1n) is 6.09. The first-order valence-corrected chi connectivity index (χ1v) is 6.09. The topological polar surface area (TPSA) is 41.9 Å². The zero-order valence-electron chi connectivity index (χ0n) is 11.8. The van der Waals surface area contributed by atoms with Gasteiger partial charge in [0.2, 0.25) is 0 Å². The lowest BCUT2D eigenvalue weighted by Crippen LogP contribution is -2.34. The van der Waals surface area contributed by atoms with E-state index in [4.69, 9.17) is 9.47 Å². The third-order valence-corrected chi connectivity index (χ3v) is 3.40. The Morgan fingerprint density at radius 1 is 1.28 bits per heavy atom. The Balaban J connectivity index is 2.86. The number of hydrogen-bond acceptors (Lipinski definition) is 4. The summed E-state index contributed by atoms with van der Waals surface area (Å²) in [6, 6.07) is 6.00. The maximum absolute atomic E-state index is 9.59. The molecule has 1 aromatic rings. The van der Waals surface area contributed by atoms with Crippen LogP contribution in [0.25, 0.3) is 0 Å². The fraction of sp³-hybridized carbons (Fsp3) is 0.571. The largest absolute Gasteiger partial charge is 0.504 e. The predicted octanol–water partition coefficient (Wildman–Crippen LogP) is 2.43. The minimum Gasteiger partial charge on any atom is -0.504 e. The Labute approximate surface area is 109 Å². The van der Waals surface area contributed by atoms with E-state index in [0.29, 0.717) is 18.4 Å². The summed E-state index contributed by atoms with van der Waals surface area (Å²) in [6.45, 7) is 4.94. The van der Waals surface area contributed by atoms with Crippen LogP contribution in [0.2, 0.25) is 0 Å². The van der Waals surface area contributed by atoms with Gasteiger partial charge in [-0.15, -0.1) is 0 Å². The lowest BCUT2D eigenvalue weighted by molar-refractivity contribution is 0.0938. The number of ether oxygens (including phenoxy) is 2. The Hall–Kier alpha value is -1.26. The molecule has 0 aliphatic carbocycles. The second-order valence-electron chi connectivity index (χ2n) is 4.58. The minimum atomic E-state index is 0.168. The van der Waals surface area contributed by atoms with Gasteiger partial charge in [0.05, 0.1) is 13.7 Å². The zero-order chi connectivity index (χ0) is 13.7. The number of nitrogens with zero attached hydrogens (tertiary/aromatic N) is 1.